The van der Waals surface area contributed by atoms with Crippen LogP contribution in [0.1, 0.15) is 5.56 Å². The number of hydrogen-bond donors (Lipinski definition) is 1. The van der Waals surface area contributed by atoms with E-state index in [0.29, 0.717) is 36.1 Å². The summed E-state index contributed by atoms with van der Waals surface area (Å²) in [7, 11) is 3.15. The minimum atomic E-state index is -0.201. The maximum atomic E-state index is 11.8. The van der Waals surface area contributed by atoms with Crippen molar-refractivity contribution >= 4 is 5.91 Å². The highest BCUT2D eigenvalue weighted by molar-refractivity contribution is 5.77. The third kappa shape index (κ3) is 6.25. The zero-order chi connectivity index (χ0) is 18.1. The fourth-order valence-corrected chi connectivity index (χ4v) is 2.06. The molecule has 134 valence electrons. The summed E-state index contributed by atoms with van der Waals surface area (Å²) in [5.74, 6) is 2.36. The number of aryl methyl sites for hydroxylation is 1. The number of benzene rings is 2. The van der Waals surface area contributed by atoms with Crippen LogP contribution in [0.4, 0.5) is 0 Å². The molecule has 2 aromatic rings. The SMILES string of the molecule is COc1cc(OC)cc(OCCNC(=O)COc2ccc(C)cc2)c1. The highest BCUT2D eigenvalue weighted by Gasteiger charge is 2.05. The van der Waals surface area contributed by atoms with Gasteiger partial charge in [0.15, 0.2) is 6.61 Å². The van der Waals surface area contributed by atoms with E-state index in [0.717, 1.165) is 5.56 Å². The lowest BCUT2D eigenvalue weighted by atomic mass is 10.2. The largest absolute Gasteiger partial charge is 0.496 e. The summed E-state index contributed by atoms with van der Waals surface area (Å²) < 4.78 is 21.4. The smallest absolute Gasteiger partial charge is 0.258 e. The quantitative estimate of drug-likeness (QED) is 0.708. The molecule has 2 aromatic carbocycles. The number of nitrogens with one attached hydrogen (secondary N) is 1. The molecule has 0 aliphatic carbocycles. The van der Waals surface area contributed by atoms with E-state index in [1.165, 1.54) is 0 Å². The Kier molecular flexibility index (Phi) is 6.95. The summed E-state index contributed by atoms with van der Waals surface area (Å²) in [6, 6.07) is 12.8. The molecule has 25 heavy (non-hydrogen) atoms. The van der Waals surface area contributed by atoms with Gasteiger partial charge in [-0.05, 0) is 19.1 Å². The van der Waals surface area contributed by atoms with E-state index in [9.17, 15) is 4.79 Å². The van der Waals surface area contributed by atoms with Crippen molar-refractivity contribution in [3.05, 3.63) is 48.0 Å². The van der Waals surface area contributed by atoms with Gasteiger partial charge in [0.2, 0.25) is 0 Å². The molecule has 0 aromatic heterocycles. The van der Waals surface area contributed by atoms with Crippen LogP contribution in [-0.4, -0.2) is 39.9 Å². The molecular weight excluding hydrogens is 322 g/mol. The number of hydrogen-bond acceptors (Lipinski definition) is 5. The molecular formula is C19H23NO5. The van der Waals surface area contributed by atoms with Crippen molar-refractivity contribution in [1.29, 1.82) is 0 Å². The first-order valence-electron chi connectivity index (χ1n) is 7.92. The summed E-state index contributed by atoms with van der Waals surface area (Å²) in [5.41, 5.74) is 1.14. The molecule has 0 aliphatic heterocycles. The van der Waals surface area contributed by atoms with Crippen molar-refractivity contribution in [3.8, 4) is 23.0 Å². The Morgan fingerprint density at radius 1 is 0.880 bits per heavy atom. The van der Waals surface area contributed by atoms with Gasteiger partial charge < -0.3 is 24.3 Å². The first kappa shape index (κ1) is 18.4. The summed E-state index contributed by atoms with van der Waals surface area (Å²) in [6.07, 6.45) is 0. The van der Waals surface area contributed by atoms with Crippen LogP contribution in [0.15, 0.2) is 42.5 Å². The van der Waals surface area contributed by atoms with E-state index in [-0.39, 0.29) is 12.5 Å². The molecule has 0 bridgehead atoms. The van der Waals surface area contributed by atoms with E-state index in [1.807, 2.05) is 31.2 Å². The van der Waals surface area contributed by atoms with Crippen LogP contribution < -0.4 is 24.3 Å². The summed E-state index contributed by atoms with van der Waals surface area (Å²) in [6.45, 7) is 2.66. The molecule has 0 fully saturated rings. The van der Waals surface area contributed by atoms with Crippen LogP contribution >= 0.6 is 0 Å². The highest BCUT2D eigenvalue weighted by atomic mass is 16.5. The van der Waals surface area contributed by atoms with E-state index in [4.69, 9.17) is 18.9 Å². The molecule has 0 saturated carbocycles. The van der Waals surface area contributed by atoms with Gasteiger partial charge in [-0.3, -0.25) is 4.79 Å². The fourth-order valence-electron chi connectivity index (χ4n) is 2.06. The minimum Gasteiger partial charge on any atom is -0.496 e. The maximum Gasteiger partial charge on any atom is 0.258 e. The number of ether oxygens (including phenoxy) is 4. The Morgan fingerprint density at radius 2 is 1.48 bits per heavy atom. The number of carbonyl (C=O) groups excluding carboxylic acids is 1. The molecule has 1 amide bonds. The lowest BCUT2D eigenvalue weighted by molar-refractivity contribution is -0.123. The van der Waals surface area contributed by atoms with Crippen LogP contribution in [-0.2, 0) is 4.79 Å². The topological polar surface area (TPSA) is 66.0 Å². The normalized spacial score (nSPS) is 10.0. The van der Waals surface area contributed by atoms with Crippen molar-refractivity contribution in [2.45, 2.75) is 6.92 Å². The third-order valence-electron chi connectivity index (χ3n) is 3.41. The van der Waals surface area contributed by atoms with E-state index >= 15 is 0 Å². The number of rotatable bonds is 9. The number of methoxy groups -OCH3 is 2. The zero-order valence-corrected chi connectivity index (χ0v) is 14.7. The lowest BCUT2D eigenvalue weighted by Crippen LogP contribution is -2.32. The number of amides is 1. The average molecular weight is 345 g/mol. The fraction of sp³-hybridized carbons (Fsp3) is 0.316. The van der Waals surface area contributed by atoms with Crippen molar-refractivity contribution in [2.75, 3.05) is 34.0 Å². The van der Waals surface area contributed by atoms with Gasteiger partial charge in [0.1, 0.15) is 29.6 Å². The van der Waals surface area contributed by atoms with Crippen molar-refractivity contribution in [1.82, 2.24) is 5.32 Å². The predicted octanol–water partition coefficient (Wildman–Crippen LogP) is 2.59. The second kappa shape index (κ2) is 9.42. The molecule has 6 heteroatoms. The van der Waals surface area contributed by atoms with E-state index in [2.05, 4.69) is 5.32 Å². The lowest BCUT2D eigenvalue weighted by Gasteiger charge is -2.11. The second-order valence-electron chi connectivity index (χ2n) is 5.35. The van der Waals surface area contributed by atoms with Gasteiger partial charge in [0.05, 0.1) is 20.8 Å². The van der Waals surface area contributed by atoms with Crippen molar-refractivity contribution in [2.24, 2.45) is 0 Å². The summed E-state index contributed by atoms with van der Waals surface area (Å²) >= 11 is 0. The highest BCUT2D eigenvalue weighted by Crippen LogP contribution is 2.27. The van der Waals surface area contributed by atoms with Gasteiger partial charge in [-0.25, -0.2) is 0 Å². The Bertz CT molecular complexity index is 662. The minimum absolute atomic E-state index is 0.0317. The second-order valence-corrected chi connectivity index (χ2v) is 5.35. The van der Waals surface area contributed by atoms with Crippen molar-refractivity contribution in [3.63, 3.8) is 0 Å². The Balaban J connectivity index is 1.70. The predicted molar refractivity (Wildman–Crippen MR) is 94.7 cm³/mol. The number of carbonyl (C=O) groups is 1. The van der Waals surface area contributed by atoms with Gasteiger partial charge in [-0.2, -0.15) is 0 Å². The molecule has 0 aliphatic rings. The van der Waals surface area contributed by atoms with E-state index < -0.39 is 0 Å². The molecule has 1 N–H and O–H groups in total. The van der Waals surface area contributed by atoms with E-state index in [1.54, 1.807) is 32.4 Å². The molecule has 0 radical (unpaired) electrons. The van der Waals surface area contributed by atoms with Gasteiger partial charge in [0, 0.05) is 18.2 Å². The van der Waals surface area contributed by atoms with Crippen LogP contribution in [0, 0.1) is 6.92 Å². The Hall–Kier alpha value is -2.89. The van der Waals surface area contributed by atoms with Gasteiger partial charge in [-0.15, -0.1) is 0 Å². The van der Waals surface area contributed by atoms with Crippen LogP contribution in [0.5, 0.6) is 23.0 Å². The maximum absolute atomic E-state index is 11.8. The molecule has 6 nitrogen and oxygen atoms in total. The monoisotopic (exact) mass is 345 g/mol. The van der Waals surface area contributed by atoms with Crippen molar-refractivity contribution < 1.29 is 23.7 Å². The van der Waals surface area contributed by atoms with Gasteiger partial charge in [0.25, 0.3) is 5.91 Å². The van der Waals surface area contributed by atoms with Gasteiger partial charge in [-0.1, -0.05) is 17.7 Å². The first-order valence-corrected chi connectivity index (χ1v) is 7.92. The molecule has 0 saturated heterocycles. The van der Waals surface area contributed by atoms with Crippen LogP contribution in [0.25, 0.3) is 0 Å². The molecule has 0 heterocycles. The molecule has 0 spiro atoms. The average Bonchev–Trinajstić information content (AvgIpc) is 2.64. The summed E-state index contributed by atoms with van der Waals surface area (Å²) in [4.78, 5) is 11.8. The zero-order valence-electron chi connectivity index (χ0n) is 14.7. The standard InChI is InChI=1S/C19H23NO5/c1-14-4-6-15(7-5-14)25-13-19(21)20-8-9-24-18-11-16(22-2)10-17(12-18)23-3/h4-7,10-12H,8-9,13H2,1-3H3,(H,20,21). The Morgan fingerprint density at radius 3 is 2.08 bits per heavy atom. The Labute approximate surface area is 147 Å². The first-order chi connectivity index (χ1) is 12.1. The molecule has 0 unspecified atom stereocenters. The van der Waals surface area contributed by atoms with Gasteiger partial charge >= 0.3 is 0 Å². The third-order valence-corrected chi connectivity index (χ3v) is 3.41. The van der Waals surface area contributed by atoms with Crippen LogP contribution in [0.3, 0.4) is 0 Å². The summed E-state index contributed by atoms with van der Waals surface area (Å²) in [5, 5.41) is 2.74. The molecule has 0 atom stereocenters. The molecule has 2 rings (SSSR count). The van der Waals surface area contributed by atoms with Crippen LogP contribution in [0.2, 0.25) is 0 Å².